The van der Waals surface area contributed by atoms with E-state index in [4.69, 9.17) is 4.74 Å². The molecule has 0 bridgehead atoms. The van der Waals surface area contributed by atoms with Crippen molar-refractivity contribution < 1.29 is 9.53 Å². The second kappa shape index (κ2) is 7.52. The maximum atomic E-state index is 12.1. The van der Waals surface area contributed by atoms with Gasteiger partial charge in [0.2, 0.25) is 0 Å². The summed E-state index contributed by atoms with van der Waals surface area (Å²) in [5, 5.41) is 0. The Morgan fingerprint density at radius 3 is 2.86 bits per heavy atom. The van der Waals surface area contributed by atoms with Crippen LogP contribution in [0.15, 0.2) is 51.7 Å². The molecule has 0 aliphatic rings. The number of pyridine rings is 1. The number of carbonyl (C=O) groups is 1. The third-order valence-electron chi connectivity index (χ3n) is 2.69. The monoisotopic (exact) mass is 409 g/mol. The minimum absolute atomic E-state index is 0.0957. The number of halogens is 2. The van der Waals surface area contributed by atoms with E-state index in [2.05, 4.69) is 36.8 Å². The topological polar surface area (TPSA) is 39.2 Å². The van der Waals surface area contributed by atoms with Crippen molar-refractivity contribution in [3.8, 4) is 5.75 Å². The lowest BCUT2D eigenvalue weighted by Crippen LogP contribution is -1.97. The van der Waals surface area contributed by atoms with E-state index >= 15 is 0 Å². The van der Waals surface area contributed by atoms with Gasteiger partial charge in [-0.2, -0.15) is 0 Å². The van der Waals surface area contributed by atoms with Crippen LogP contribution < -0.4 is 4.74 Å². The molecule has 0 N–H and O–H groups in total. The highest BCUT2D eigenvalue weighted by Gasteiger charge is 2.08. The molecule has 0 saturated carbocycles. The molecule has 0 aliphatic carbocycles. The molecule has 0 fully saturated rings. The van der Waals surface area contributed by atoms with E-state index in [0.717, 1.165) is 20.3 Å². The molecule has 108 valence electrons. The summed E-state index contributed by atoms with van der Waals surface area (Å²) in [5.74, 6) is 0.623. The van der Waals surface area contributed by atoms with Crippen molar-refractivity contribution in [2.75, 3.05) is 6.61 Å². The van der Waals surface area contributed by atoms with Gasteiger partial charge in [-0.05, 0) is 59.3 Å². The Balaban J connectivity index is 2.30. The molecule has 0 amide bonds. The van der Waals surface area contributed by atoms with E-state index in [1.807, 2.05) is 19.1 Å². The fourth-order valence-electron chi connectivity index (χ4n) is 1.77. The Morgan fingerprint density at radius 1 is 1.38 bits per heavy atom. The molecule has 5 heteroatoms. The van der Waals surface area contributed by atoms with Crippen LogP contribution in [-0.4, -0.2) is 17.4 Å². The van der Waals surface area contributed by atoms with Gasteiger partial charge in [-0.3, -0.25) is 9.78 Å². The summed E-state index contributed by atoms with van der Waals surface area (Å²) >= 11 is 6.90. The summed E-state index contributed by atoms with van der Waals surface area (Å²) in [7, 11) is 0. The average Bonchev–Trinajstić information content (AvgIpc) is 2.48. The maximum absolute atomic E-state index is 12.1. The fourth-order valence-corrected chi connectivity index (χ4v) is 3.14. The molecule has 2 rings (SSSR count). The maximum Gasteiger partial charge on any atom is 0.187 e. The summed E-state index contributed by atoms with van der Waals surface area (Å²) in [6.07, 6.45) is 6.45. The van der Waals surface area contributed by atoms with Crippen LogP contribution in [0.3, 0.4) is 0 Å². The van der Waals surface area contributed by atoms with Gasteiger partial charge in [0.05, 0.1) is 11.1 Å². The fraction of sp³-hybridized carbons (Fsp3) is 0.125. The second-order valence-electron chi connectivity index (χ2n) is 4.18. The van der Waals surface area contributed by atoms with Gasteiger partial charge in [-0.15, -0.1) is 0 Å². The Hall–Kier alpha value is -1.46. The first-order valence-electron chi connectivity index (χ1n) is 6.36. The molecule has 1 aromatic heterocycles. The zero-order valence-corrected chi connectivity index (χ0v) is 14.5. The van der Waals surface area contributed by atoms with Crippen LogP contribution in [0.25, 0.3) is 6.08 Å². The van der Waals surface area contributed by atoms with Crippen LogP contribution in [0.4, 0.5) is 0 Å². The smallest absolute Gasteiger partial charge is 0.187 e. The second-order valence-corrected chi connectivity index (χ2v) is 5.95. The number of benzene rings is 1. The first-order chi connectivity index (χ1) is 10.1. The number of hydrogen-bond acceptors (Lipinski definition) is 3. The molecule has 0 unspecified atom stereocenters. The number of ketones is 1. The quantitative estimate of drug-likeness (QED) is 0.519. The summed E-state index contributed by atoms with van der Waals surface area (Å²) in [6, 6.07) is 7.29. The Bertz CT molecular complexity index is 669. The molecule has 21 heavy (non-hydrogen) atoms. The highest BCUT2D eigenvalue weighted by atomic mass is 79.9. The van der Waals surface area contributed by atoms with Crippen LogP contribution in [0.5, 0.6) is 5.75 Å². The third kappa shape index (κ3) is 4.25. The largest absolute Gasteiger partial charge is 0.492 e. The van der Waals surface area contributed by atoms with E-state index in [0.29, 0.717) is 12.2 Å². The molecule has 0 atom stereocenters. The van der Waals surface area contributed by atoms with E-state index < -0.39 is 0 Å². The van der Waals surface area contributed by atoms with Gasteiger partial charge >= 0.3 is 0 Å². The molecule has 0 radical (unpaired) electrons. The lowest BCUT2D eigenvalue weighted by Gasteiger charge is -2.10. The van der Waals surface area contributed by atoms with Gasteiger partial charge in [0, 0.05) is 28.0 Å². The summed E-state index contributed by atoms with van der Waals surface area (Å²) in [6.45, 7) is 2.47. The minimum Gasteiger partial charge on any atom is -0.492 e. The predicted molar refractivity (Wildman–Crippen MR) is 90.6 cm³/mol. The molecule has 1 heterocycles. The van der Waals surface area contributed by atoms with Gasteiger partial charge in [0.15, 0.2) is 5.78 Å². The van der Waals surface area contributed by atoms with Crippen LogP contribution in [-0.2, 0) is 0 Å². The molecule has 0 aliphatic heterocycles. The lowest BCUT2D eigenvalue weighted by atomic mass is 10.1. The van der Waals surface area contributed by atoms with Crippen molar-refractivity contribution in [2.45, 2.75) is 6.92 Å². The first-order valence-corrected chi connectivity index (χ1v) is 7.94. The zero-order chi connectivity index (χ0) is 15.2. The van der Waals surface area contributed by atoms with Gasteiger partial charge in [-0.25, -0.2) is 0 Å². The number of hydrogen-bond donors (Lipinski definition) is 0. The predicted octanol–water partition coefficient (Wildman–Crippen LogP) is 4.90. The summed E-state index contributed by atoms with van der Waals surface area (Å²) < 4.78 is 7.37. The first kappa shape index (κ1) is 15.9. The molecular formula is C16H13Br2NO2. The van der Waals surface area contributed by atoms with Crippen molar-refractivity contribution in [1.82, 2.24) is 4.98 Å². The van der Waals surface area contributed by atoms with E-state index in [-0.39, 0.29) is 5.78 Å². The van der Waals surface area contributed by atoms with Crippen molar-refractivity contribution >= 4 is 43.7 Å². The zero-order valence-electron chi connectivity index (χ0n) is 11.3. The molecule has 0 spiro atoms. The van der Waals surface area contributed by atoms with Crippen molar-refractivity contribution in [2.24, 2.45) is 0 Å². The third-order valence-corrected chi connectivity index (χ3v) is 3.73. The van der Waals surface area contributed by atoms with Gasteiger partial charge in [0.25, 0.3) is 0 Å². The highest BCUT2D eigenvalue weighted by molar-refractivity contribution is 9.11. The molecule has 0 saturated heterocycles. The molecule has 2 aromatic rings. The number of ether oxygens (including phenoxy) is 1. The van der Waals surface area contributed by atoms with Crippen LogP contribution in [0, 0.1) is 0 Å². The summed E-state index contributed by atoms with van der Waals surface area (Å²) in [5.41, 5.74) is 1.39. The van der Waals surface area contributed by atoms with Crippen LogP contribution >= 0.6 is 31.9 Å². The van der Waals surface area contributed by atoms with Gasteiger partial charge in [0.1, 0.15) is 5.75 Å². The van der Waals surface area contributed by atoms with Crippen LogP contribution in [0.1, 0.15) is 22.8 Å². The molecule has 1 aromatic carbocycles. The van der Waals surface area contributed by atoms with Crippen LogP contribution in [0.2, 0.25) is 0 Å². The van der Waals surface area contributed by atoms with E-state index in [1.54, 1.807) is 30.6 Å². The van der Waals surface area contributed by atoms with Crippen molar-refractivity contribution in [1.29, 1.82) is 0 Å². The Morgan fingerprint density at radius 2 is 2.19 bits per heavy atom. The average molecular weight is 411 g/mol. The number of rotatable bonds is 5. The highest BCUT2D eigenvalue weighted by Crippen LogP contribution is 2.33. The van der Waals surface area contributed by atoms with E-state index in [9.17, 15) is 4.79 Å². The van der Waals surface area contributed by atoms with Crippen molar-refractivity contribution in [3.63, 3.8) is 0 Å². The van der Waals surface area contributed by atoms with E-state index in [1.165, 1.54) is 6.08 Å². The normalized spacial score (nSPS) is 10.8. The lowest BCUT2D eigenvalue weighted by molar-refractivity contribution is 0.104. The Kier molecular flexibility index (Phi) is 5.70. The number of nitrogens with zero attached hydrogens (tertiary/aromatic N) is 1. The summed E-state index contributed by atoms with van der Waals surface area (Å²) in [4.78, 5) is 16.0. The SMILES string of the molecule is CCOc1c(Br)cc(Br)cc1/C=C/C(=O)c1cccnc1. The Labute approximate surface area is 140 Å². The van der Waals surface area contributed by atoms with Gasteiger partial charge < -0.3 is 4.74 Å². The number of allylic oxidation sites excluding steroid dienone is 1. The molecule has 3 nitrogen and oxygen atoms in total. The number of carbonyl (C=O) groups excluding carboxylic acids is 1. The minimum atomic E-state index is -0.0957. The standard InChI is InChI=1S/C16H13Br2NO2/c1-2-21-16-11(8-13(17)9-14(16)18)5-6-15(20)12-4-3-7-19-10-12/h3-10H,2H2,1H3/b6-5+. The van der Waals surface area contributed by atoms with Crippen molar-refractivity contribution in [3.05, 3.63) is 62.8 Å². The van der Waals surface area contributed by atoms with Gasteiger partial charge in [-0.1, -0.05) is 15.9 Å². The number of aromatic nitrogens is 1. The molecular weight excluding hydrogens is 398 g/mol.